The summed E-state index contributed by atoms with van der Waals surface area (Å²) in [6.45, 7) is 2.03. The Balaban J connectivity index is 1.46. The van der Waals surface area contributed by atoms with Crippen molar-refractivity contribution in [2.75, 3.05) is 22.9 Å². The Morgan fingerprint density at radius 2 is 1.79 bits per heavy atom. The van der Waals surface area contributed by atoms with Crippen molar-refractivity contribution >= 4 is 50.2 Å². The zero-order valence-electron chi connectivity index (χ0n) is 18.6. The van der Waals surface area contributed by atoms with Crippen LogP contribution in [0.25, 0.3) is 11.1 Å². The zero-order chi connectivity index (χ0) is 24.1. The number of methoxy groups -OCH3 is 1. The van der Waals surface area contributed by atoms with Gasteiger partial charge in [0.2, 0.25) is 5.91 Å². The summed E-state index contributed by atoms with van der Waals surface area (Å²) in [6, 6.07) is 18.8. The number of nitrogens with one attached hydrogen (secondary N) is 2. The Hall–Kier alpha value is -3.50. The number of aromatic nitrogens is 1. The van der Waals surface area contributed by atoms with Crippen molar-refractivity contribution in [3.63, 3.8) is 0 Å². The molecule has 0 spiro atoms. The minimum Gasteiger partial charge on any atom is -0.495 e. The van der Waals surface area contributed by atoms with E-state index in [1.54, 1.807) is 30.3 Å². The molecule has 3 aromatic carbocycles. The molecule has 0 saturated carbocycles. The maximum atomic E-state index is 12.9. The summed E-state index contributed by atoms with van der Waals surface area (Å²) >= 11 is 1.14. The number of oxazole rings is 1. The molecule has 1 heterocycles. The van der Waals surface area contributed by atoms with Crippen LogP contribution in [0.4, 0.5) is 11.4 Å². The highest BCUT2D eigenvalue weighted by Crippen LogP contribution is 2.29. The standard InChI is InChI=1S/C24H23N3O5S2/c1-3-16-8-4-5-9-18(16)25-23(28)15-33-24-26-20-14-17(12-13-22(20)32-24)34(29,30)27-19-10-6-7-11-21(19)31-2/h4-14,27H,3,15H2,1-2H3,(H,25,28). The lowest BCUT2D eigenvalue weighted by atomic mass is 10.1. The molecule has 4 aromatic rings. The molecular formula is C24H23N3O5S2. The molecule has 0 fully saturated rings. The second-order valence-electron chi connectivity index (χ2n) is 7.26. The second-order valence-corrected chi connectivity index (χ2v) is 9.87. The number of aryl methyl sites for hydroxylation is 1. The number of carbonyl (C=O) groups is 1. The molecule has 0 bridgehead atoms. The van der Waals surface area contributed by atoms with Crippen LogP contribution in [0.2, 0.25) is 0 Å². The van der Waals surface area contributed by atoms with E-state index in [0.717, 1.165) is 29.4 Å². The first-order valence-electron chi connectivity index (χ1n) is 10.5. The molecule has 2 N–H and O–H groups in total. The topological polar surface area (TPSA) is 111 Å². The van der Waals surface area contributed by atoms with Gasteiger partial charge in [0, 0.05) is 5.69 Å². The molecular weight excluding hydrogens is 474 g/mol. The summed E-state index contributed by atoms with van der Waals surface area (Å²) in [4.78, 5) is 16.8. The fourth-order valence-electron chi connectivity index (χ4n) is 3.31. The first kappa shape index (κ1) is 23.7. The normalized spacial score (nSPS) is 11.4. The summed E-state index contributed by atoms with van der Waals surface area (Å²) in [5, 5.41) is 3.18. The van der Waals surface area contributed by atoms with Gasteiger partial charge >= 0.3 is 0 Å². The lowest BCUT2D eigenvalue weighted by Gasteiger charge is -2.11. The van der Waals surface area contributed by atoms with Gasteiger partial charge in [0.25, 0.3) is 15.2 Å². The molecule has 34 heavy (non-hydrogen) atoms. The van der Waals surface area contributed by atoms with Gasteiger partial charge in [-0.1, -0.05) is 49.0 Å². The molecule has 1 aromatic heterocycles. The molecule has 4 rings (SSSR count). The molecule has 0 unspecified atom stereocenters. The van der Waals surface area contributed by atoms with Crippen molar-refractivity contribution in [1.82, 2.24) is 4.98 Å². The fourth-order valence-corrected chi connectivity index (χ4v) is 5.04. The van der Waals surface area contributed by atoms with Gasteiger partial charge in [-0.25, -0.2) is 13.4 Å². The van der Waals surface area contributed by atoms with Crippen LogP contribution in [0.5, 0.6) is 5.75 Å². The highest BCUT2D eigenvalue weighted by molar-refractivity contribution is 7.99. The average molecular weight is 498 g/mol. The van der Waals surface area contributed by atoms with Crippen molar-refractivity contribution in [2.45, 2.75) is 23.5 Å². The summed E-state index contributed by atoms with van der Waals surface area (Å²) < 4.78 is 39.2. The fraction of sp³-hybridized carbons (Fsp3) is 0.167. The third-order valence-electron chi connectivity index (χ3n) is 5.00. The monoisotopic (exact) mass is 497 g/mol. The number of rotatable bonds is 9. The molecule has 0 aliphatic carbocycles. The van der Waals surface area contributed by atoms with E-state index in [0.29, 0.717) is 22.5 Å². The molecule has 1 amide bonds. The van der Waals surface area contributed by atoms with Crippen molar-refractivity contribution in [3.8, 4) is 5.75 Å². The van der Waals surface area contributed by atoms with Gasteiger partial charge in [-0.2, -0.15) is 0 Å². The number of thioether (sulfide) groups is 1. The summed E-state index contributed by atoms with van der Waals surface area (Å²) in [7, 11) is -2.41. The van der Waals surface area contributed by atoms with Gasteiger partial charge in [-0.3, -0.25) is 9.52 Å². The first-order chi connectivity index (χ1) is 16.4. The van der Waals surface area contributed by atoms with Crippen LogP contribution in [-0.2, 0) is 21.2 Å². The van der Waals surface area contributed by atoms with Gasteiger partial charge in [-0.05, 0) is 48.4 Å². The van der Waals surface area contributed by atoms with Crippen molar-refractivity contribution in [2.24, 2.45) is 0 Å². The van der Waals surface area contributed by atoms with E-state index < -0.39 is 10.0 Å². The zero-order valence-corrected chi connectivity index (χ0v) is 20.2. The number of hydrogen-bond donors (Lipinski definition) is 2. The van der Waals surface area contributed by atoms with E-state index in [2.05, 4.69) is 15.0 Å². The number of hydrogen-bond acceptors (Lipinski definition) is 7. The molecule has 0 saturated heterocycles. The molecule has 10 heteroatoms. The van der Waals surface area contributed by atoms with E-state index in [4.69, 9.17) is 9.15 Å². The highest BCUT2D eigenvalue weighted by atomic mass is 32.2. The van der Waals surface area contributed by atoms with Crippen molar-refractivity contribution < 1.29 is 22.4 Å². The van der Waals surface area contributed by atoms with Gasteiger partial charge in [0.05, 0.1) is 23.4 Å². The van der Waals surface area contributed by atoms with Gasteiger partial charge in [0.1, 0.15) is 11.3 Å². The second kappa shape index (κ2) is 10.2. The maximum Gasteiger partial charge on any atom is 0.262 e. The number of ether oxygens (including phenoxy) is 1. The van der Waals surface area contributed by atoms with Crippen LogP contribution in [0.1, 0.15) is 12.5 Å². The summed E-state index contributed by atoms with van der Waals surface area (Å²) in [5.41, 5.74) is 2.97. The number of nitrogens with zero attached hydrogens (tertiary/aromatic N) is 1. The van der Waals surface area contributed by atoms with E-state index in [1.165, 1.54) is 19.2 Å². The predicted molar refractivity (Wildman–Crippen MR) is 133 cm³/mol. The molecule has 8 nitrogen and oxygen atoms in total. The maximum absolute atomic E-state index is 12.9. The first-order valence-corrected chi connectivity index (χ1v) is 12.9. The Morgan fingerprint density at radius 1 is 1.06 bits per heavy atom. The summed E-state index contributed by atoms with van der Waals surface area (Å²) in [5.74, 6) is 0.329. The Bertz CT molecular complexity index is 1430. The van der Waals surface area contributed by atoms with E-state index in [9.17, 15) is 13.2 Å². The van der Waals surface area contributed by atoms with Crippen LogP contribution in [0, 0.1) is 0 Å². The van der Waals surface area contributed by atoms with Gasteiger partial charge in [0.15, 0.2) is 5.58 Å². The number of sulfonamides is 1. The lowest BCUT2D eigenvalue weighted by Crippen LogP contribution is -2.15. The smallest absolute Gasteiger partial charge is 0.262 e. The van der Waals surface area contributed by atoms with E-state index >= 15 is 0 Å². The van der Waals surface area contributed by atoms with Crippen LogP contribution in [-0.4, -0.2) is 32.2 Å². The predicted octanol–water partition coefficient (Wildman–Crippen LogP) is 4.93. The summed E-state index contributed by atoms with van der Waals surface area (Å²) in [6.07, 6.45) is 0.811. The van der Waals surface area contributed by atoms with Crippen LogP contribution in [0.3, 0.4) is 0 Å². The average Bonchev–Trinajstić information content (AvgIpc) is 3.25. The number of benzene rings is 3. The highest BCUT2D eigenvalue weighted by Gasteiger charge is 2.19. The largest absolute Gasteiger partial charge is 0.495 e. The van der Waals surface area contributed by atoms with Crippen LogP contribution >= 0.6 is 11.8 Å². The Labute approximate surface area is 201 Å². The van der Waals surface area contributed by atoms with Crippen LogP contribution in [0.15, 0.2) is 81.3 Å². The molecule has 0 atom stereocenters. The third kappa shape index (κ3) is 5.35. The third-order valence-corrected chi connectivity index (χ3v) is 7.19. The number of anilines is 2. The minimum absolute atomic E-state index is 0.0321. The number of para-hydroxylation sites is 3. The van der Waals surface area contributed by atoms with Crippen molar-refractivity contribution in [1.29, 1.82) is 0 Å². The van der Waals surface area contributed by atoms with E-state index in [-0.39, 0.29) is 21.8 Å². The lowest BCUT2D eigenvalue weighted by molar-refractivity contribution is -0.113. The Kier molecular flexibility index (Phi) is 7.09. The van der Waals surface area contributed by atoms with Gasteiger partial charge in [-0.15, -0.1) is 0 Å². The SMILES string of the molecule is CCc1ccccc1NC(=O)CSc1nc2cc(S(=O)(=O)Nc3ccccc3OC)ccc2o1. The molecule has 0 aliphatic rings. The number of amides is 1. The van der Waals surface area contributed by atoms with Crippen molar-refractivity contribution in [3.05, 3.63) is 72.3 Å². The quantitative estimate of drug-likeness (QED) is 0.315. The Morgan fingerprint density at radius 3 is 2.56 bits per heavy atom. The van der Waals surface area contributed by atoms with E-state index in [1.807, 2.05) is 31.2 Å². The molecule has 0 radical (unpaired) electrons. The molecule has 0 aliphatic heterocycles. The van der Waals surface area contributed by atoms with Gasteiger partial charge < -0.3 is 14.5 Å². The minimum atomic E-state index is -3.88. The number of carbonyl (C=O) groups excluding carboxylic acids is 1. The van der Waals surface area contributed by atoms with Crippen LogP contribution < -0.4 is 14.8 Å². The number of fused-ring (bicyclic) bond motifs is 1. The molecule has 176 valence electrons.